The third kappa shape index (κ3) is 3.69. The van der Waals surface area contributed by atoms with Crippen molar-refractivity contribution in [3.05, 3.63) is 41.0 Å². The Balaban J connectivity index is 1.65. The molecule has 8 heteroatoms. The van der Waals surface area contributed by atoms with Crippen molar-refractivity contribution in [1.29, 1.82) is 0 Å². The molecule has 2 aromatic heterocycles. The number of aromatic nitrogens is 2. The molecule has 2 aromatic rings. The van der Waals surface area contributed by atoms with E-state index in [0.29, 0.717) is 5.56 Å². The Morgan fingerprint density at radius 2 is 2.21 bits per heavy atom. The number of rotatable bonds is 6. The van der Waals surface area contributed by atoms with Crippen LogP contribution >= 0.6 is 0 Å². The van der Waals surface area contributed by atoms with Crippen LogP contribution in [0, 0.1) is 0 Å². The normalized spacial score (nSPS) is 13.6. The Morgan fingerprint density at radius 1 is 1.38 bits per heavy atom. The molecule has 0 aromatic carbocycles. The van der Waals surface area contributed by atoms with Crippen LogP contribution in [0.3, 0.4) is 0 Å². The molecular weight excluding hydrogens is 320 g/mol. The molecule has 6 nitrogen and oxygen atoms in total. The van der Waals surface area contributed by atoms with Crippen LogP contribution in [0.5, 0.6) is 5.75 Å². The predicted octanol–water partition coefficient (Wildman–Crippen LogP) is 2.52. The van der Waals surface area contributed by atoms with Crippen LogP contribution in [0.15, 0.2) is 23.0 Å². The van der Waals surface area contributed by atoms with Gasteiger partial charge in [0.2, 0.25) is 5.76 Å². The van der Waals surface area contributed by atoms with E-state index in [-0.39, 0.29) is 24.0 Å². The summed E-state index contributed by atoms with van der Waals surface area (Å²) in [5.41, 5.74) is 2.27. The molecule has 1 amide bonds. The molecule has 0 atom stereocenters. The number of aryl methyl sites for hydroxylation is 1. The van der Waals surface area contributed by atoms with Gasteiger partial charge in [-0.15, -0.1) is 0 Å². The Kier molecular flexibility index (Phi) is 5.02. The Hall–Kier alpha value is -2.51. The molecule has 24 heavy (non-hydrogen) atoms. The fourth-order valence-electron chi connectivity index (χ4n) is 2.66. The molecule has 0 aliphatic heterocycles. The summed E-state index contributed by atoms with van der Waals surface area (Å²) >= 11 is 0. The van der Waals surface area contributed by atoms with Crippen molar-refractivity contribution in [3.63, 3.8) is 0 Å². The second kappa shape index (κ2) is 7.37. The summed E-state index contributed by atoms with van der Waals surface area (Å²) in [7, 11) is 0. The second-order valence-corrected chi connectivity index (χ2v) is 5.51. The van der Waals surface area contributed by atoms with Gasteiger partial charge in [0.15, 0.2) is 0 Å². The van der Waals surface area contributed by atoms with Crippen LogP contribution in [0.2, 0.25) is 0 Å². The van der Waals surface area contributed by atoms with Crippen molar-refractivity contribution in [2.75, 3.05) is 6.61 Å². The predicted molar refractivity (Wildman–Crippen MR) is 80.1 cm³/mol. The van der Waals surface area contributed by atoms with E-state index in [0.717, 1.165) is 36.9 Å². The smallest absolute Gasteiger partial charge is 0.290 e. The van der Waals surface area contributed by atoms with Crippen molar-refractivity contribution in [2.24, 2.45) is 0 Å². The van der Waals surface area contributed by atoms with Gasteiger partial charge in [-0.25, -0.2) is 8.78 Å². The molecule has 0 radical (unpaired) electrons. The van der Waals surface area contributed by atoms with E-state index < -0.39 is 13.0 Å². The maximum atomic E-state index is 12.3. The first-order valence-corrected chi connectivity index (χ1v) is 7.74. The number of fused-ring (bicyclic) bond motifs is 1. The third-order valence-electron chi connectivity index (χ3n) is 3.84. The number of ether oxygens (including phenoxy) is 1. The lowest BCUT2D eigenvalue weighted by atomic mass is 9.96. The first kappa shape index (κ1) is 16.4. The molecule has 0 unspecified atom stereocenters. The highest BCUT2D eigenvalue weighted by molar-refractivity contribution is 5.93. The quantitative estimate of drug-likeness (QED) is 0.876. The van der Waals surface area contributed by atoms with Gasteiger partial charge in [0.1, 0.15) is 12.4 Å². The van der Waals surface area contributed by atoms with Gasteiger partial charge in [0.25, 0.3) is 12.3 Å². The van der Waals surface area contributed by atoms with Gasteiger partial charge in [-0.3, -0.25) is 9.78 Å². The van der Waals surface area contributed by atoms with Crippen molar-refractivity contribution < 1.29 is 22.8 Å². The standard InChI is InChI=1S/C16H17F2N3O3/c17-14(18)9-23-13-8-19-6-5-10(13)7-20-16(22)15-11-3-1-2-4-12(11)21-24-15/h5-6,8,14H,1-4,7,9H2,(H,20,22). The fraction of sp³-hybridized carbons (Fsp3) is 0.438. The van der Waals surface area contributed by atoms with E-state index in [1.54, 1.807) is 6.07 Å². The number of nitrogens with one attached hydrogen (secondary N) is 1. The fourth-order valence-corrected chi connectivity index (χ4v) is 2.66. The Morgan fingerprint density at radius 3 is 3.04 bits per heavy atom. The molecular formula is C16H17F2N3O3. The number of carbonyl (C=O) groups excluding carboxylic acids is 1. The first-order chi connectivity index (χ1) is 11.6. The zero-order valence-corrected chi connectivity index (χ0v) is 12.9. The maximum absolute atomic E-state index is 12.3. The lowest BCUT2D eigenvalue weighted by Gasteiger charge is -2.12. The second-order valence-electron chi connectivity index (χ2n) is 5.51. The lowest BCUT2D eigenvalue weighted by Crippen LogP contribution is -2.24. The molecule has 0 saturated carbocycles. The Bertz CT molecular complexity index is 718. The van der Waals surface area contributed by atoms with Crippen molar-refractivity contribution in [3.8, 4) is 5.75 Å². The number of carbonyl (C=O) groups is 1. The van der Waals surface area contributed by atoms with E-state index in [1.807, 2.05) is 0 Å². The van der Waals surface area contributed by atoms with Crippen LogP contribution in [0.1, 0.15) is 40.2 Å². The number of nitrogens with zero attached hydrogens (tertiary/aromatic N) is 2. The number of alkyl halides is 2. The van der Waals surface area contributed by atoms with E-state index in [2.05, 4.69) is 15.5 Å². The number of hydrogen-bond acceptors (Lipinski definition) is 5. The van der Waals surface area contributed by atoms with Crippen LogP contribution < -0.4 is 10.1 Å². The largest absolute Gasteiger partial charge is 0.486 e. The average Bonchev–Trinajstić information content (AvgIpc) is 3.02. The van der Waals surface area contributed by atoms with E-state index >= 15 is 0 Å². The van der Waals surface area contributed by atoms with Gasteiger partial charge < -0.3 is 14.6 Å². The molecule has 3 rings (SSSR count). The van der Waals surface area contributed by atoms with Gasteiger partial charge in [0.05, 0.1) is 11.9 Å². The summed E-state index contributed by atoms with van der Waals surface area (Å²) in [6, 6.07) is 1.61. The summed E-state index contributed by atoms with van der Waals surface area (Å²) in [5.74, 6) is 0.0776. The average molecular weight is 337 g/mol. The first-order valence-electron chi connectivity index (χ1n) is 7.74. The monoisotopic (exact) mass is 337 g/mol. The van der Waals surface area contributed by atoms with Gasteiger partial charge in [0, 0.05) is 23.9 Å². The van der Waals surface area contributed by atoms with Crippen molar-refractivity contribution >= 4 is 5.91 Å². The van der Waals surface area contributed by atoms with Crippen LogP contribution in [-0.2, 0) is 19.4 Å². The minimum Gasteiger partial charge on any atom is -0.486 e. The van der Waals surface area contributed by atoms with E-state index in [4.69, 9.17) is 9.26 Å². The molecule has 128 valence electrons. The van der Waals surface area contributed by atoms with Crippen LogP contribution in [0.4, 0.5) is 8.78 Å². The maximum Gasteiger partial charge on any atom is 0.290 e. The summed E-state index contributed by atoms with van der Waals surface area (Å²) in [5, 5.41) is 6.66. The summed E-state index contributed by atoms with van der Waals surface area (Å²) in [6.45, 7) is -0.600. The van der Waals surface area contributed by atoms with Gasteiger partial charge in [-0.05, 0) is 31.7 Å². The number of amides is 1. The van der Waals surface area contributed by atoms with E-state index in [1.165, 1.54) is 12.4 Å². The summed E-state index contributed by atoms with van der Waals surface area (Å²) < 4.78 is 34.7. The number of halogens is 2. The zero-order chi connectivity index (χ0) is 16.9. The summed E-state index contributed by atoms with van der Waals surface area (Å²) in [4.78, 5) is 16.2. The highest BCUT2D eigenvalue weighted by Crippen LogP contribution is 2.24. The molecule has 1 aliphatic rings. The van der Waals surface area contributed by atoms with E-state index in [9.17, 15) is 13.6 Å². The number of pyridine rings is 1. The minimum atomic E-state index is -2.58. The molecule has 2 heterocycles. The SMILES string of the molecule is O=C(NCc1ccncc1OCC(F)F)c1onc2c1CCCC2. The topological polar surface area (TPSA) is 77.2 Å². The number of hydrogen-bond donors (Lipinski definition) is 1. The molecule has 0 spiro atoms. The Labute approximate surface area is 137 Å². The van der Waals surface area contributed by atoms with Gasteiger partial charge >= 0.3 is 0 Å². The minimum absolute atomic E-state index is 0.120. The lowest BCUT2D eigenvalue weighted by molar-refractivity contribution is 0.0808. The third-order valence-corrected chi connectivity index (χ3v) is 3.84. The molecule has 0 saturated heterocycles. The van der Waals surface area contributed by atoms with Crippen LogP contribution in [0.25, 0.3) is 0 Å². The highest BCUT2D eigenvalue weighted by atomic mass is 19.3. The zero-order valence-electron chi connectivity index (χ0n) is 12.9. The van der Waals surface area contributed by atoms with Gasteiger partial charge in [-0.1, -0.05) is 5.16 Å². The molecule has 0 fully saturated rings. The van der Waals surface area contributed by atoms with Gasteiger partial charge in [-0.2, -0.15) is 0 Å². The van der Waals surface area contributed by atoms with Crippen LogP contribution in [-0.4, -0.2) is 29.1 Å². The molecule has 1 N–H and O–H groups in total. The summed E-state index contributed by atoms with van der Waals surface area (Å²) in [6.07, 6.45) is 3.93. The van der Waals surface area contributed by atoms with Crippen molar-refractivity contribution in [1.82, 2.24) is 15.5 Å². The molecule has 0 bridgehead atoms. The highest BCUT2D eigenvalue weighted by Gasteiger charge is 2.24. The molecule has 1 aliphatic carbocycles. The van der Waals surface area contributed by atoms with Crippen molar-refractivity contribution in [2.45, 2.75) is 38.7 Å².